The number of quaternary nitrogens is 2. The van der Waals surface area contributed by atoms with Crippen molar-refractivity contribution in [1.82, 2.24) is 0 Å². The molecule has 0 aromatic carbocycles. The molecule has 1 saturated carbocycles. The van der Waals surface area contributed by atoms with Crippen LogP contribution < -0.4 is 15.9 Å². The van der Waals surface area contributed by atoms with Crippen molar-refractivity contribution in [3.63, 3.8) is 0 Å². The molecule has 2 rings (SSSR count). The van der Waals surface area contributed by atoms with Crippen LogP contribution in [0.2, 0.25) is 0 Å². The van der Waals surface area contributed by atoms with Crippen molar-refractivity contribution in [1.29, 1.82) is 0 Å². The first-order chi connectivity index (χ1) is 9.47. The molecule has 6 heteroatoms. The van der Waals surface area contributed by atoms with Gasteiger partial charge in [-0.05, 0) is 25.2 Å². The summed E-state index contributed by atoms with van der Waals surface area (Å²) >= 11 is 0. The standard InChI is InChI=1S/C14H27N3O3/c1-10-6-7-16(14(15)8-10)9-13(18)11-2-4-12(5-3-11)17(19)20/h10-12,14,17,19H,2-9,15H2,1H3/p+1. The average molecular weight is 286 g/mol. The molecule has 116 valence electrons. The van der Waals surface area contributed by atoms with Gasteiger partial charge in [-0.15, -0.1) is 0 Å². The molecule has 1 aliphatic heterocycles. The molecule has 0 aromatic rings. The van der Waals surface area contributed by atoms with Crippen LogP contribution in [0.3, 0.4) is 0 Å². The largest absolute Gasteiger partial charge is 0.600 e. The Kier molecular flexibility index (Phi) is 5.51. The molecule has 4 unspecified atom stereocenters. The van der Waals surface area contributed by atoms with Crippen molar-refractivity contribution in [3.8, 4) is 0 Å². The van der Waals surface area contributed by atoms with Gasteiger partial charge >= 0.3 is 0 Å². The van der Waals surface area contributed by atoms with Crippen LogP contribution in [0, 0.1) is 17.0 Å². The maximum absolute atomic E-state index is 12.3. The molecule has 4 atom stereocenters. The van der Waals surface area contributed by atoms with Crippen molar-refractivity contribution in [3.05, 3.63) is 5.21 Å². The molecule has 0 amide bonds. The van der Waals surface area contributed by atoms with E-state index in [9.17, 15) is 10.0 Å². The van der Waals surface area contributed by atoms with Crippen LogP contribution in [0.15, 0.2) is 0 Å². The van der Waals surface area contributed by atoms with E-state index in [0.717, 1.165) is 32.2 Å². The normalized spacial score (nSPS) is 40.3. The molecule has 1 aliphatic carbocycles. The number of piperidine rings is 1. The van der Waals surface area contributed by atoms with Crippen molar-refractivity contribution < 1.29 is 20.1 Å². The van der Waals surface area contributed by atoms with Gasteiger partial charge in [0.05, 0.1) is 6.54 Å². The van der Waals surface area contributed by atoms with E-state index in [0.29, 0.717) is 25.3 Å². The molecule has 20 heavy (non-hydrogen) atoms. The number of hydrogen-bond acceptors (Lipinski definition) is 4. The number of nitrogens with two attached hydrogens (primary N) is 1. The lowest BCUT2D eigenvalue weighted by molar-refractivity contribution is -1.07. The van der Waals surface area contributed by atoms with E-state index in [1.54, 1.807) is 0 Å². The molecule has 0 aromatic heterocycles. The zero-order valence-corrected chi connectivity index (χ0v) is 12.3. The van der Waals surface area contributed by atoms with E-state index in [1.165, 1.54) is 4.90 Å². The number of ketones is 1. The van der Waals surface area contributed by atoms with Gasteiger partial charge < -0.3 is 10.1 Å². The van der Waals surface area contributed by atoms with Gasteiger partial charge in [0.1, 0.15) is 18.8 Å². The minimum Gasteiger partial charge on any atom is -0.600 e. The minimum absolute atomic E-state index is 0.0599. The zero-order chi connectivity index (χ0) is 14.7. The molecule has 2 fully saturated rings. The van der Waals surface area contributed by atoms with E-state index < -0.39 is 5.23 Å². The van der Waals surface area contributed by atoms with Crippen LogP contribution in [0.5, 0.6) is 0 Å². The predicted molar refractivity (Wildman–Crippen MR) is 73.9 cm³/mol. The Bertz CT molecular complexity index is 330. The predicted octanol–water partition coefficient (Wildman–Crippen LogP) is -1.51. The summed E-state index contributed by atoms with van der Waals surface area (Å²) in [6, 6.07) is -0.246. The van der Waals surface area contributed by atoms with E-state index >= 15 is 0 Å². The Morgan fingerprint density at radius 3 is 2.55 bits per heavy atom. The molecule has 1 saturated heterocycles. The number of Topliss-reactive ketones (excluding diaryl/α,β-unsaturated/α-hetero) is 1. The second-order valence-electron chi connectivity index (χ2n) is 6.67. The topological polar surface area (TPSA) is 95.3 Å². The van der Waals surface area contributed by atoms with E-state index in [2.05, 4.69) is 6.92 Å². The third-order valence-electron chi connectivity index (χ3n) is 5.07. The third-order valence-corrected chi connectivity index (χ3v) is 5.07. The quantitative estimate of drug-likeness (QED) is 0.472. The second-order valence-corrected chi connectivity index (χ2v) is 6.67. The average Bonchev–Trinajstić information content (AvgIpc) is 2.42. The van der Waals surface area contributed by atoms with Crippen LogP contribution in [-0.4, -0.2) is 36.3 Å². The van der Waals surface area contributed by atoms with Gasteiger partial charge in [0.2, 0.25) is 0 Å². The molecule has 0 bridgehead atoms. The Hall–Kier alpha value is -0.530. The highest BCUT2D eigenvalue weighted by Crippen LogP contribution is 2.23. The fraction of sp³-hybridized carbons (Fsp3) is 0.929. The molecule has 2 aliphatic rings. The number of nitrogens with one attached hydrogen (secondary N) is 2. The summed E-state index contributed by atoms with van der Waals surface area (Å²) in [5, 5.41) is 19.2. The lowest BCUT2D eigenvalue weighted by Gasteiger charge is -2.34. The Morgan fingerprint density at radius 2 is 2.00 bits per heavy atom. The summed E-state index contributed by atoms with van der Waals surface area (Å²) in [5.74, 6) is 1.01. The van der Waals surface area contributed by atoms with E-state index in [1.807, 2.05) is 0 Å². The van der Waals surface area contributed by atoms with Gasteiger partial charge in [-0.1, -0.05) is 6.92 Å². The van der Waals surface area contributed by atoms with Gasteiger partial charge in [-0.25, -0.2) is 10.4 Å². The van der Waals surface area contributed by atoms with Gasteiger partial charge in [0, 0.05) is 25.2 Å². The smallest absolute Gasteiger partial charge is 0.189 e. The number of likely N-dealkylation sites (tertiary alicyclic amines) is 1. The highest BCUT2D eigenvalue weighted by molar-refractivity contribution is 5.82. The van der Waals surface area contributed by atoms with Crippen molar-refractivity contribution in [2.75, 3.05) is 13.1 Å². The molecule has 6 nitrogen and oxygen atoms in total. The second kappa shape index (κ2) is 6.95. The van der Waals surface area contributed by atoms with Gasteiger partial charge in [0.25, 0.3) is 0 Å². The number of rotatable bonds is 4. The molecule has 0 spiro atoms. The number of hydroxylamine groups is 2. The van der Waals surface area contributed by atoms with Crippen molar-refractivity contribution in [2.45, 2.75) is 57.7 Å². The zero-order valence-electron chi connectivity index (χ0n) is 12.3. The summed E-state index contributed by atoms with van der Waals surface area (Å²) in [5.41, 5.74) is 6.14. The summed E-state index contributed by atoms with van der Waals surface area (Å²) < 4.78 is 0. The van der Waals surface area contributed by atoms with E-state index in [4.69, 9.17) is 10.9 Å². The van der Waals surface area contributed by atoms with Crippen molar-refractivity contribution in [2.24, 2.45) is 17.6 Å². The molecule has 5 N–H and O–H groups in total. The first kappa shape index (κ1) is 15.9. The summed E-state index contributed by atoms with van der Waals surface area (Å²) in [6.45, 7) is 3.72. The first-order valence-electron chi connectivity index (χ1n) is 7.83. The highest BCUT2D eigenvalue weighted by atomic mass is 16.8. The minimum atomic E-state index is -0.714. The van der Waals surface area contributed by atoms with Crippen LogP contribution in [0.4, 0.5) is 0 Å². The third kappa shape index (κ3) is 3.99. The lowest BCUT2D eigenvalue weighted by Crippen LogP contribution is -3.19. The fourth-order valence-electron chi connectivity index (χ4n) is 3.59. The van der Waals surface area contributed by atoms with Gasteiger partial charge in [-0.2, -0.15) is 0 Å². The highest BCUT2D eigenvalue weighted by Gasteiger charge is 2.34. The fourth-order valence-corrected chi connectivity index (χ4v) is 3.59. The molecule has 0 radical (unpaired) electrons. The molecular weight excluding hydrogens is 258 g/mol. The van der Waals surface area contributed by atoms with Crippen LogP contribution >= 0.6 is 0 Å². The van der Waals surface area contributed by atoms with Crippen LogP contribution in [0.25, 0.3) is 0 Å². The number of hydrogen-bond donors (Lipinski definition) is 4. The lowest BCUT2D eigenvalue weighted by atomic mass is 9.83. The van der Waals surface area contributed by atoms with E-state index in [-0.39, 0.29) is 23.9 Å². The van der Waals surface area contributed by atoms with Crippen molar-refractivity contribution >= 4 is 5.78 Å². The first-order valence-corrected chi connectivity index (χ1v) is 7.83. The summed E-state index contributed by atoms with van der Waals surface area (Å²) in [4.78, 5) is 13.6. The van der Waals surface area contributed by atoms with Gasteiger partial charge in [-0.3, -0.25) is 10.5 Å². The summed E-state index contributed by atoms with van der Waals surface area (Å²) in [7, 11) is 0. The maximum Gasteiger partial charge on any atom is 0.189 e. The Labute approximate surface area is 120 Å². The number of carbonyl (C=O) groups is 1. The summed E-state index contributed by atoms with van der Waals surface area (Å²) in [6.07, 6.45) is 4.96. The Morgan fingerprint density at radius 1 is 1.35 bits per heavy atom. The molecule has 1 heterocycles. The maximum atomic E-state index is 12.3. The van der Waals surface area contributed by atoms with Crippen LogP contribution in [0.1, 0.15) is 45.4 Å². The Balaban J connectivity index is 1.78. The van der Waals surface area contributed by atoms with Crippen LogP contribution in [-0.2, 0) is 4.79 Å². The monoisotopic (exact) mass is 286 g/mol. The SMILES string of the molecule is CC1CC[NH+](CC(=O)C2CCC([NH+]([O-])O)CC2)C(N)C1. The van der Waals surface area contributed by atoms with Gasteiger partial charge in [0.15, 0.2) is 5.78 Å². The molecular formula is C14H28N3O3+. The number of carbonyl (C=O) groups excluding carboxylic acids is 1.